The number of aliphatic hydroxyl groups excluding tert-OH is 1. The van der Waals surface area contributed by atoms with Crippen molar-refractivity contribution in [3.05, 3.63) is 72.0 Å². The molecule has 0 bridgehead atoms. The average Bonchev–Trinajstić information content (AvgIpc) is 3.68. The highest BCUT2D eigenvalue weighted by Crippen LogP contribution is 2.34. The highest BCUT2D eigenvalue weighted by atomic mass is 32.2. The number of ether oxygens (including phenoxy) is 4. The summed E-state index contributed by atoms with van der Waals surface area (Å²) in [6.07, 6.45) is 0.851. The summed E-state index contributed by atoms with van der Waals surface area (Å²) in [6.45, 7) is 8.04. The normalized spacial score (nSPS) is 21.3. The van der Waals surface area contributed by atoms with Crippen LogP contribution in [-0.4, -0.2) is 89.6 Å². The van der Waals surface area contributed by atoms with Crippen molar-refractivity contribution in [2.24, 2.45) is 4.36 Å². The standard InChI is InChI=1S/C34H40FN3O7SSi/c1-46(2,41)37-34(40)24-12-8-22(9-13-24)21-6-10-23(11-7-21)31-25(35)16-27-26(36-31)17-30(38(27)20-42-14-15-47(3,4)5)45-29-19-44-32-28(39)18-43-33(29)32/h6-13,16-17,28-29,32-33,39H,14-15,18-20H2,1-5H3/t28-,29-,32-,33-/m1/s1. The lowest BCUT2D eigenvalue weighted by molar-refractivity contribution is 0.00478. The van der Waals surface area contributed by atoms with Gasteiger partial charge in [-0.15, -0.1) is 0 Å². The summed E-state index contributed by atoms with van der Waals surface area (Å²) in [5, 5.41) is 10.2. The number of hydrogen-bond donors (Lipinski definition) is 1. The van der Waals surface area contributed by atoms with Gasteiger partial charge in [-0.05, 0) is 29.3 Å². The van der Waals surface area contributed by atoms with Crippen LogP contribution in [0.4, 0.5) is 4.39 Å². The smallest absolute Gasteiger partial charge is 0.285 e. The fourth-order valence-corrected chi connectivity index (χ4v) is 6.94. The van der Waals surface area contributed by atoms with Crippen molar-refractivity contribution in [3.63, 3.8) is 0 Å². The molecule has 4 aromatic rings. The molecule has 250 valence electrons. The Hall–Kier alpha value is -3.46. The van der Waals surface area contributed by atoms with Gasteiger partial charge in [0.2, 0.25) is 0 Å². The molecule has 0 spiro atoms. The number of benzene rings is 2. The number of carbonyl (C=O) groups is 1. The monoisotopic (exact) mass is 681 g/mol. The Morgan fingerprint density at radius 1 is 1.02 bits per heavy atom. The Kier molecular flexibility index (Phi) is 9.40. The second-order valence-electron chi connectivity index (χ2n) is 13.5. The van der Waals surface area contributed by atoms with E-state index in [1.165, 1.54) is 18.6 Å². The van der Waals surface area contributed by atoms with E-state index in [9.17, 15) is 14.1 Å². The first-order valence-electron chi connectivity index (χ1n) is 15.5. The molecule has 6 rings (SSSR count). The van der Waals surface area contributed by atoms with Gasteiger partial charge in [-0.2, -0.15) is 4.36 Å². The molecule has 2 aliphatic heterocycles. The number of pyridine rings is 1. The van der Waals surface area contributed by atoms with Gasteiger partial charge < -0.3 is 24.1 Å². The van der Waals surface area contributed by atoms with Gasteiger partial charge in [-0.1, -0.05) is 56.0 Å². The molecule has 4 atom stereocenters. The summed E-state index contributed by atoms with van der Waals surface area (Å²) in [5.41, 5.74) is 3.96. The Labute approximate surface area is 275 Å². The van der Waals surface area contributed by atoms with E-state index in [-0.39, 0.29) is 25.6 Å². The van der Waals surface area contributed by atoms with Crippen molar-refractivity contribution in [2.45, 2.75) is 56.8 Å². The van der Waals surface area contributed by atoms with E-state index in [2.05, 4.69) is 24.0 Å². The maximum Gasteiger partial charge on any atom is 0.285 e. The van der Waals surface area contributed by atoms with Crippen molar-refractivity contribution in [3.8, 4) is 28.3 Å². The Bertz CT molecular complexity index is 1890. The van der Waals surface area contributed by atoms with Crippen molar-refractivity contribution in [1.82, 2.24) is 9.55 Å². The van der Waals surface area contributed by atoms with Crippen molar-refractivity contribution in [2.75, 3.05) is 32.3 Å². The first-order chi connectivity index (χ1) is 22.3. The number of halogens is 1. The summed E-state index contributed by atoms with van der Waals surface area (Å²) < 4.78 is 57.1. The summed E-state index contributed by atoms with van der Waals surface area (Å²) in [6, 6.07) is 18.4. The molecule has 2 saturated heterocycles. The predicted octanol–water partition coefficient (Wildman–Crippen LogP) is 5.60. The summed E-state index contributed by atoms with van der Waals surface area (Å²) in [7, 11) is -3.86. The molecule has 1 amide bonds. The molecule has 0 saturated carbocycles. The lowest BCUT2D eigenvalue weighted by Gasteiger charge is -2.20. The maximum absolute atomic E-state index is 15.7. The van der Waals surface area contributed by atoms with Gasteiger partial charge >= 0.3 is 0 Å². The molecular formula is C34H40FN3O7SSi. The number of nitrogens with zero attached hydrogens (tertiary/aromatic N) is 3. The van der Waals surface area contributed by atoms with E-state index in [1.54, 1.807) is 47.0 Å². The third-order valence-electron chi connectivity index (χ3n) is 8.20. The summed E-state index contributed by atoms with van der Waals surface area (Å²) in [5.74, 6) is -0.549. The fraction of sp³-hybridized carbons (Fsp3) is 0.412. The van der Waals surface area contributed by atoms with Gasteiger partial charge in [0, 0.05) is 60.2 Å². The molecule has 2 aliphatic rings. The van der Waals surface area contributed by atoms with Crippen LogP contribution in [0.25, 0.3) is 33.4 Å². The van der Waals surface area contributed by atoms with Gasteiger partial charge in [0.25, 0.3) is 5.91 Å². The number of hydrogen-bond acceptors (Lipinski definition) is 8. The fourth-order valence-electron chi connectivity index (χ4n) is 5.68. The van der Waals surface area contributed by atoms with Gasteiger partial charge in [-0.25, -0.2) is 13.6 Å². The van der Waals surface area contributed by atoms with Crippen LogP contribution < -0.4 is 4.74 Å². The van der Waals surface area contributed by atoms with Crippen molar-refractivity contribution in [1.29, 1.82) is 0 Å². The number of fused-ring (bicyclic) bond motifs is 2. The number of aliphatic hydroxyl groups is 1. The van der Waals surface area contributed by atoms with E-state index in [0.717, 1.165) is 17.2 Å². The van der Waals surface area contributed by atoms with E-state index < -0.39 is 53.9 Å². The zero-order chi connectivity index (χ0) is 33.5. The molecule has 10 nitrogen and oxygen atoms in total. The molecule has 0 aliphatic carbocycles. The third kappa shape index (κ3) is 7.66. The van der Waals surface area contributed by atoms with E-state index in [0.29, 0.717) is 34.6 Å². The minimum atomic E-state index is -2.55. The van der Waals surface area contributed by atoms with Gasteiger partial charge in [0.05, 0.1) is 24.2 Å². The van der Waals surface area contributed by atoms with E-state index in [4.69, 9.17) is 23.9 Å². The molecule has 2 aromatic carbocycles. The quantitative estimate of drug-likeness (QED) is 0.170. The van der Waals surface area contributed by atoms with Gasteiger partial charge in [0.15, 0.2) is 17.8 Å². The Morgan fingerprint density at radius 3 is 2.32 bits per heavy atom. The van der Waals surface area contributed by atoms with Crippen molar-refractivity contribution >= 4 is 34.7 Å². The second-order valence-corrected chi connectivity index (χ2v) is 21.7. The largest absolute Gasteiger partial charge is 0.470 e. The van der Waals surface area contributed by atoms with Crippen LogP contribution in [0.3, 0.4) is 0 Å². The molecule has 2 aromatic heterocycles. The minimum Gasteiger partial charge on any atom is -0.470 e. The number of aromatic nitrogens is 2. The molecular weight excluding hydrogens is 642 g/mol. The zero-order valence-corrected chi connectivity index (χ0v) is 29.0. The molecule has 0 radical (unpaired) electrons. The van der Waals surface area contributed by atoms with Gasteiger partial charge in [-0.3, -0.25) is 9.36 Å². The summed E-state index contributed by atoms with van der Waals surface area (Å²) in [4.78, 5) is 17.0. The van der Waals surface area contributed by atoms with E-state index >= 15 is 4.39 Å². The molecule has 0 unspecified atom stereocenters. The molecule has 47 heavy (non-hydrogen) atoms. The van der Waals surface area contributed by atoms with Crippen LogP contribution >= 0.6 is 0 Å². The van der Waals surface area contributed by atoms with Crippen LogP contribution in [-0.2, 0) is 30.7 Å². The first kappa shape index (κ1) is 33.4. The highest BCUT2D eigenvalue weighted by molar-refractivity contribution is 7.92. The lowest BCUT2D eigenvalue weighted by Crippen LogP contribution is -2.35. The first-order valence-corrected chi connectivity index (χ1v) is 21.6. The maximum atomic E-state index is 15.7. The Balaban J connectivity index is 1.26. The number of amides is 1. The molecule has 4 heterocycles. The van der Waals surface area contributed by atoms with Crippen molar-refractivity contribution < 1.29 is 37.4 Å². The number of carbonyl (C=O) groups excluding carboxylic acids is 1. The van der Waals surface area contributed by atoms with E-state index in [1.807, 2.05) is 12.1 Å². The minimum absolute atomic E-state index is 0.165. The van der Waals surface area contributed by atoms with Crippen LogP contribution in [0.2, 0.25) is 25.7 Å². The topological polar surface area (TPSA) is 121 Å². The zero-order valence-electron chi connectivity index (χ0n) is 27.1. The SMILES string of the molecule is C[Si](C)(C)CCOCn1c(O[C@@H]2CO[C@H]3[C@@H]2OC[C@H]3O)cc2nc(-c3ccc(-c4ccc(C(=O)N=S(C)(C)=O)cc4)cc3)c(F)cc21. The van der Waals surface area contributed by atoms with Gasteiger partial charge in [0.1, 0.15) is 30.7 Å². The predicted molar refractivity (Wildman–Crippen MR) is 181 cm³/mol. The summed E-state index contributed by atoms with van der Waals surface area (Å²) >= 11 is 0. The highest BCUT2D eigenvalue weighted by Gasteiger charge is 2.48. The lowest BCUT2D eigenvalue weighted by atomic mass is 10.0. The molecule has 2 fully saturated rings. The van der Waals surface area contributed by atoms with Crippen LogP contribution in [0, 0.1) is 5.82 Å². The molecule has 13 heteroatoms. The second kappa shape index (κ2) is 13.2. The molecule has 1 N–H and O–H groups in total. The average molecular weight is 682 g/mol. The third-order valence-corrected chi connectivity index (χ3v) is 10.5. The van der Waals surface area contributed by atoms with Crippen LogP contribution in [0.1, 0.15) is 10.4 Å². The van der Waals surface area contributed by atoms with Crippen LogP contribution in [0.5, 0.6) is 5.88 Å². The number of rotatable bonds is 10. The Morgan fingerprint density at radius 2 is 1.66 bits per heavy atom. The van der Waals surface area contributed by atoms with Crippen LogP contribution in [0.15, 0.2) is 65.0 Å².